The van der Waals surface area contributed by atoms with E-state index in [0.717, 1.165) is 9.87 Å². The van der Waals surface area contributed by atoms with E-state index < -0.39 is 28.2 Å². The Hall–Kier alpha value is -3.33. The molecule has 3 amide bonds. The van der Waals surface area contributed by atoms with Gasteiger partial charge in [-0.25, -0.2) is 22.3 Å². The standard InChI is InChI=1S/C21H21N3O5S/c1-2-12-29-21(26)23-11-10-16-13-17(8-9-19(16)23)30(27,28)24-14-18(22-20(24)25)15-6-4-3-5-7-15/h2-9,13,18H,1,10-12,14H2,(H,22,25)/t18-/m1/s1. The lowest BCUT2D eigenvalue weighted by Gasteiger charge is -2.18. The number of ether oxygens (including phenoxy) is 1. The van der Waals surface area contributed by atoms with E-state index in [1.165, 1.54) is 23.1 Å². The Bertz CT molecular complexity index is 1100. The van der Waals surface area contributed by atoms with Crippen LogP contribution < -0.4 is 10.2 Å². The summed E-state index contributed by atoms with van der Waals surface area (Å²) in [6, 6.07) is 12.7. The molecule has 2 aromatic rings. The zero-order valence-corrected chi connectivity index (χ0v) is 17.0. The average molecular weight is 427 g/mol. The van der Waals surface area contributed by atoms with Crippen molar-refractivity contribution in [1.82, 2.24) is 9.62 Å². The summed E-state index contributed by atoms with van der Waals surface area (Å²) in [6.45, 7) is 4.03. The van der Waals surface area contributed by atoms with Gasteiger partial charge in [0.15, 0.2) is 0 Å². The van der Waals surface area contributed by atoms with Gasteiger partial charge in [-0.1, -0.05) is 43.0 Å². The van der Waals surface area contributed by atoms with Gasteiger partial charge in [-0.15, -0.1) is 0 Å². The topological polar surface area (TPSA) is 96.0 Å². The minimum Gasteiger partial charge on any atom is -0.445 e. The molecule has 156 valence electrons. The lowest BCUT2D eigenvalue weighted by Crippen LogP contribution is -2.34. The summed E-state index contributed by atoms with van der Waals surface area (Å²) in [7, 11) is -4.03. The summed E-state index contributed by atoms with van der Waals surface area (Å²) in [5.74, 6) is 0. The van der Waals surface area contributed by atoms with Crippen molar-refractivity contribution in [2.45, 2.75) is 17.4 Å². The Morgan fingerprint density at radius 3 is 2.73 bits per heavy atom. The number of urea groups is 1. The number of amides is 3. The van der Waals surface area contributed by atoms with Gasteiger partial charge in [0.2, 0.25) is 0 Å². The van der Waals surface area contributed by atoms with E-state index in [0.29, 0.717) is 24.2 Å². The molecule has 4 rings (SSSR count). The molecule has 1 N–H and O–H groups in total. The van der Waals surface area contributed by atoms with Crippen LogP contribution in [0.4, 0.5) is 15.3 Å². The van der Waals surface area contributed by atoms with E-state index in [9.17, 15) is 18.0 Å². The van der Waals surface area contributed by atoms with Crippen LogP contribution in [0.3, 0.4) is 0 Å². The number of carbonyl (C=O) groups is 2. The lowest BCUT2D eigenvalue weighted by molar-refractivity contribution is 0.166. The number of nitrogens with zero attached hydrogens (tertiary/aromatic N) is 2. The van der Waals surface area contributed by atoms with Gasteiger partial charge in [-0.05, 0) is 35.7 Å². The number of sulfonamides is 1. The summed E-state index contributed by atoms with van der Waals surface area (Å²) in [6.07, 6.45) is 1.48. The van der Waals surface area contributed by atoms with Gasteiger partial charge >= 0.3 is 12.1 Å². The van der Waals surface area contributed by atoms with E-state index in [-0.39, 0.29) is 18.0 Å². The van der Waals surface area contributed by atoms with Gasteiger partial charge in [0, 0.05) is 6.54 Å². The predicted molar refractivity (Wildman–Crippen MR) is 111 cm³/mol. The van der Waals surface area contributed by atoms with Crippen molar-refractivity contribution in [2.75, 3.05) is 24.6 Å². The number of anilines is 1. The summed E-state index contributed by atoms with van der Waals surface area (Å²) < 4.78 is 32.2. The first kappa shape index (κ1) is 20.0. The predicted octanol–water partition coefficient (Wildman–Crippen LogP) is 2.83. The second-order valence-corrected chi connectivity index (χ2v) is 8.87. The third kappa shape index (κ3) is 3.52. The molecule has 0 radical (unpaired) electrons. The van der Waals surface area contributed by atoms with Crippen LogP contribution in [0.5, 0.6) is 0 Å². The summed E-state index contributed by atoms with van der Waals surface area (Å²) in [4.78, 5) is 26.0. The minimum atomic E-state index is -4.03. The number of hydrogen-bond acceptors (Lipinski definition) is 5. The third-order valence-electron chi connectivity index (χ3n) is 5.15. The fourth-order valence-electron chi connectivity index (χ4n) is 3.66. The monoisotopic (exact) mass is 427 g/mol. The molecule has 2 aromatic carbocycles. The molecule has 1 saturated heterocycles. The van der Waals surface area contributed by atoms with Crippen molar-refractivity contribution < 1.29 is 22.7 Å². The summed E-state index contributed by atoms with van der Waals surface area (Å²) in [5.41, 5.74) is 2.16. The van der Waals surface area contributed by atoms with Crippen LogP contribution >= 0.6 is 0 Å². The number of fused-ring (bicyclic) bond motifs is 1. The third-order valence-corrected chi connectivity index (χ3v) is 6.90. The fourth-order valence-corrected chi connectivity index (χ4v) is 5.06. The van der Waals surface area contributed by atoms with Crippen LogP contribution in [0, 0.1) is 0 Å². The molecule has 1 atom stereocenters. The van der Waals surface area contributed by atoms with Crippen LogP contribution in [0.25, 0.3) is 0 Å². The van der Waals surface area contributed by atoms with Gasteiger partial charge in [-0.2, -0.15) is 0 Å². The average Bonchev–Trinajstić information content (AvgIpc) is 3.36. The van der Waals surface area contributed by atoms with Crippen LogP contribution in [0.1, 0.15) is 17.2 Å². The first-order chi connectivity index (χ1) is 14.4. The molecule has 0 aliphatic carbocycles. The first-order valence-electron chi connectivity index (χ1n) is 9.48. The Labute approximate surface area is 174 Å². The van der Waals surface area contributed by atoms with Crippen molar-refractivity contribution in [3.8, 4) is 0 Å². The van der Waals surface area contributed by atoms with Gasteiger partial charge < -0.3 is 10.1 Å². The number of rotatable bonds is 5. The highest BCUT2D eigenvalue weighted by Gasteiger charge is 2.39. The van der Waals surface area contributed by atoms with Gasteiger partial charge in [0.25, 0.3) is 10.0 Å². The quantitative estimate of drug-likeness (QED) is 0.741. The molecule has 0 spiro atoms. The fraction of sp³-hybridized carbons (Fsp3) is 0.238. The van der Waals surface area contributed by atoms with Crippen molar-refractivity contribution in [1.29, 1.82) is 0 Å². The van der Waals surface area contributed by atoms with Gasteiger partial charge in [0.05, 0.1) is 23.2 Å². The molecule has 9 heteroatoms. The molecule has 2 aliphatic heterocycles. The Morgan fingerprint density at radius 2 is 2.00 bits per heavy atom. The van der Waals surface area contributed by atoms with E-state index >= 15 is 0 Å². The second kappa shape index (κ2) is 7.83. The summed E-state index contributed by atoms with van der Waals surface area (Å²) >= 11 is 0. The maximum atomic E-state index is 13.1. The zero-order chi connectivity index (χ0) is 21.3. The minimum absolute atomic E-state index is 0.0161. The van der Waals surface area contributed by atoms with Crippen molar-refractivity contribution in [3.05, 3.63) is 72.3 Å². The highest BCUT2D eigenvalue weighted by Crippen LogP contribution is 2.33. The van der Waals surface area contributed by atoms with E-state index in [1.807, 2.05) is 30.3 Å². The lowest BCUT2D eigenvalue weighted by atomic mass is 10.1. The SMILES string of the molecule is C=CCOC(=O)N1CCc2cc(S(=O)(=O)N3C[C@H](c4ccccc4)NC3=O)ccc21. The molecule has 2 aliphatic rings. The molecule has 0 aromatic heterocycles. The maximum Gasteiger partial charge on any atom is 0.414 e. The molecule has 30 heavy (non-hydrogen) atoms. The number of nitrogens with one attached hydrogen (secondary N) is 1. The van der Waals surface area contributed by atoms with Crippen LogP contribution in [0.15, 0.2) is 66.1 Å². The highest BCUT2D eigenvalue weighted by molar-refractivity contribution is 7.89. The molecular weight excluding hydrogens is 406 g/mol. The molecule has 0 bridgehead atoms. The Morgan fingerprint density at radius 1 is 1.23 bits per heavy atom. The number of hydrogen-bond donors (Lipinski definition) is 1. The molecule has 8 nitrogen and oxygen atoms in total. The van der Waals surface area contributed by atoms with Crippen LogP contribution in [-0.4, -0.2) is 44.5 Å². The Kier molecular flexibility index (Phi) is 5.21. The van der Waals surface area contributed by atoms with E-state index in [2.05, 4.69) is 11.9 Å². The smallest absolute Gasteiger partial charge is 0.414 e. The number of benzene rings is 2. The van der Waals surface area contributed by atoms with E-state index in [4.69, 9.17) is 4.74 Å². The van der Waals surface area contributed by atoms with E-state index in [1.54, 1.807) is 6.07 Å². The van der Waals surface area contributed by atoms with Gasteiger partial charge in [-0.3, -0.25) is 4.90 Å². The highest BCUT2D eigenvalue weighted by atomic mass is 32.2. The molecule has 0 saturated carbocycles. The normalized spacial score (nSPS) is 18.1. The first-order valence-corrected chi connectivity index (χ1v) is 10.9. The largest absolute Gasteiger partial charge is 0.445 e. The van der Waals surface area contributed by atoms with Crippen molar-refractivity contribution >= 4 is 27.8 Å². The second-order valence-electron chi connectivity index (χ2n) is 7.01. The van der Waals surface area contributed by atoms with Crippen LogP contribution in [0.2, 0.25) is 0 Å². The van der Waals surface area contributed by atoms with Crippen molar-refractivity contribution in [3.63, 3.8) is 0 Å². The van der Waals surface area contributed by atoms with Crippen LogP contribution in [-0.2, 0) is 21.2 Å². The zero-order valence-electron chi connectivity index (χ0n) is 16.2. The van der Waals surface area contributed by atoms with Gasteiger partial charge in [0.1, 0.15) is 6.61 Å². The van der Waals surface area contributed by atoms with Crippen molar-refractivity contribution in [2.24, 2.45) is 0 Å². The summed E-state index contributed by atoms with van der Waals surface area (Å²) in [5, 5.41) is 2.72. The molecule has 0 unspecified atom stereocenters. The number of carbonyl (C=O) groups excluding carboxylic acids is 2. The Balaban J connectivity index is 1.56. The molecule has 1 fully saturated rings. The maximum absolute atomic E-state index is 13.1. The molecule has 2 heterocycles. The molecular formula is C21H21N3O5S.